The van der Waals surface area contributed by atoms with Gasteiger partial charge in [0.05, 0.1) is 5.69 Å². The van der Waals surface area contributed by atoms with Gasteiger partial charge < -0.3 is 10.6 Å². The van der Waals surface area contributed by atoms with Gasteiger partial charge in [0, 0.05) is 43.7 Å². The van der Waals surface area contributed by atoms with Crippen LogP contribution in [0.3, 0.4) is 0 Å². The number of rotatable bonds is 5. The van der Waals surface area contributed by atoms with Gasteiger partial charge >= 0.3 is 0 Å². The Hall–Kier alpha value is -1.73. The molecule has 2 N–H and O–H groups in total. The van der Waals surface area contributed by atoms with Gasteiger partial charge in [0.25, 0.3) is 0 Å². The quantitative estimate of drug-likeness (QED) is 0.774. The third-order valence-corrected chi connectivity index (χ3v) is 4.65. The molecule has 0 radical (unpaired) electrons. The van der Waals surface area contributed by atoms with Crippen LogP contribution < -0.4 is 10.6 Å². The Kier molecular flexibility index (Phi) is 7.98. The molecule has 0 saturated carbocycles. The fourth-order valence-corrected chi connectivity index (χ4v) is 3.26. The summed E-state index contributed by atoms with van der Waals surface area (Å²) in [7, 11) is 0. The van der Waals surface area contributed by atoms with Crippen LogP contribution in [0.2, 0.25) is 5.02 Å². The van der Waals surface area contributed by atoms with Crippen molar-refractivity contribution in [1.82, 2.24) is 10.2 Å². The molecular formula is C19H21Cl2F2N3O. The van der Waals surface area contributed by atoms with Crippen LogP contribution in [0.25, 0.3) is 0 Å². The van der Waals surface area contributed by atoms with Gasteiger partial charge in [-0.15, -0.1) is 12.4 Å². The Morgan fingerprint density at radius 3 is 2.81 bits per heavy atom. The molecule has 146 valence electrons. The van der Waals surface area contributed by atoms with Crippen molar-refractivity contribution in [3.63, 3.8) is 0 Å². The fraction of sp³-hybridized carbons (Fsp3) is 0.316. The average molecular weight is 416 g/mol. The lowest BCUT2D eigenvalue weighted by atomic mass is 10.0. The normalized spacial score (nSPS) is 17.2. The van der Waals surface area contributed by atoms with E-state index in [1.807, 2.05) is 6.07 Å². The van der Waals surface area contributed by atoms with Gasteiger partial charge in [-0.25, -0.2) is 8.78 Å². The van der Waals surface area contributed by atoms with Crippen molar-refractivity contribution in [1.29, 1.82) is 0 Å². The van der Waals surface area contributed by atoms with Crippen LogP contribution in [0, 0.1) is 11.6 Å². The first-order valence-electron chi connectivity index (χ1n) is 8.48. The number of nitrogens with zero attached hydrogens (tertiary/aromatic N) is 1. The number of nitrogens with one attached hydrogen (secondary N) is 2. The van der Waals surface area contributed by atoms with Gasteiger partial charge in [0.1, 0.15) is 11.6 Å². The van der Waals surface area contributed by atoms with Gasteiger partial charge in [-0.05, 0) is 35.9 Å². The molecule has 0 aliphatic carbocycles. The summed E-state index contributed by atoms with van der Waals surface area (Å²) in [6.07, 6.45) is 0.216. The highest BCUT2D eigenvalue weighted by Crippen LogP contribution is 2.23. The van der Waals surface area contributed by atoms with Gasteiger partial charge in [0.2, 0.25) is 5.91 Å². The zero-order chi connectivity index (χ0) is 18.5. The fourth-order valence-electron chi connectivity index (χ4n) is 3.11. The minimum Gasteiger partial charge on any atom is -0.324 e. The molecule has 1 aliphatic rings. The molecule has 1 fully saturated rings. The number of hydrogen-bond donors (Lipinski definition) is 2. The van der Waals surface area contributed by atoms with Crippen LogP contribution in [0.5, 0.6) is 0 Å². The number of amides is 1. The number of halogens is 4. The van der Waals surface area contributed by atoms with Gasteiger partial charge in [-0.2, -0.15) is 0 Å². The summed E-state index contributed by atoms with van der Waals surface area (Å²) >= 11 is 5.71. The zero-order valence-electron chi connectivity index (χ0n) is 14.6. The third kappa shape index (κ3) is 5.87. The van der Waals surface area contributed by atoms with Crippen molar-refractivity contribution in [2.45, 2.75) is 12.5 Å². The van der Waals surface area contributed by atoms with Gasteiger partial charge in [0.15, 0.2) is 0 Å². The Morgan fingerprint density at radius 1 is 1.26 bits per heavy atom. The summed E-state index contributed by atoms with van der Waals surface area (Å²) in [4.78, 5) is 14.3. The smallest absolute Gasteiger partial charge is 0.225 e. The van der Waals surface area contributed by atoms with E-state index >= 15 is 0 Å². The largest absolute Gasteiger partial charge is 0.324 e. The molecule has 1 heterocycles. The van der Waals surface area contributed by atoms with Crippen LogP contribution >= 0.6 is 24.0 Å². The van der Waals surface area contributed by atoms with E-state index in [1.165, 1.54) is 24.3 Å². The summed E-state index contributed by atoms with van der Waals surface area (Å²) < 4.78 is 27.3. The van der Waals surface area contributed by atoms with Gasteiger partial charge in [-0.3, -0.25) is 9.69 Å². The Bertz CT molecular complexity index is 791. The second kappa shape index (κ2) is 9.99. The summed E-state index contributed by atoms with van der Waals surface area (Å²) in [5, 5.41) is 6.14. The van der Waals surface area contributed by atoms with Crippen LogP contribution in [-0.4, -0.2) is 37.0 Å². The number of anilines is 1. The molecular weight excluding hydrogens is 395 g/mol. The molecule has 4 nitrogen and oxygen atoms in total. The minimum atomic E-state index is -0.564. The number of piperazine rings is 1. The van der Waals surface area contributed by atoms with E-state index in [-0.39, 0.29) is 47.3 Å². The highest BCUT2D eigenvalue weighted by molar-refractivity contribution is 6.30. The Morgan fingerprint density at radius 2 is 2.07 bits per heavy atom. The SMILES string of the molecule is Cl.O=C(CCN1CCNCC1c1cccc(F)c1)Nc1ccc(Cl)cc1F. The van der Waals surface area contributed by atoms with E-state index in [9.17, 15) is 13.6 Å². The molecule has 0 aromatic heterocycles. The topological polar surface area (TPSA) is 44.4 Å². The molecule has 2 aromatic carbocycles. The molecule has 0 bridgehead atoms. The number of carbonyl (C=O) groups excluding carboxylic acids is 1. The van der Waals surface area contributed by atoms with Crippen molar-refractivity contribution in [2.75, 3.05) is 31.5 Å². The van der Waals surface area contributed by atoms with Crippen LogP contribution in [0.15, 0.2) is 42.5 Å². The number of hydrogen-bond acceptors (Lipinski definition) is 3. The first-order valence-corrected chi connectivity index (χ1v) is 8.86. The second-order valence-corrected chi connectivity index (χ2v) is 6.67. The first-order chi connectivity index (χ1) is 12.5. The lowest BCUT2D eigenvalue weighted by Crippen LogP contribution is -2.46. The monoisotopic (exact) mass is 415 g/mol. The number of benzene rings is 2. The second-order valence-electron chi connectivity index (χ2n) is 6.23. The predicted octanol–water partition coefficient (Wildman–Crippen LogP) is 4.02. The van der Waals surface area contributed by atoms with Crippen molar-refractivity contribution in [3.05, 3.63) is 64.7 Å². The standard InChI is InChI=1S/C19H20ClF2N3O.ClH/c20-14-4-5-17(16(22)11-14)24-19(26)6-8-25-9-7-23-12-18(25)13-2-1-3-15(21)10-13;/h1-5,10-11,18,23H,6-9,12H2,(H,24,26);1H. The van der Waals surface area contributed by atoms with Crippen molar-refractivity contribution in [2.24, 2.45) is 0 Å². The molecule has 1 atom stereocenters. The van der Waals surface area contributed by atoms with E-state index in [2.05, 4.69) is 15.5 Å². The molecule has 1 unspecified atom stereocenters. The van der Waals surface area contributed by atoms with Crippen molar-refractivity contribution < 1.29 is 13.6 Å². The van der Waals surface area contributed by atoms with Crippen LogP contribution in [0.1, 0.15) is 18.0 Å². The number of carbonyl (C=O) groups is 1. The summed E-state index contributed by atoms with van der Waals surface area (Å²) in [6, 6.07) is 10.6. The Balaban J connectivity index is 0.00000261. The van der Waals surface area contributed by atoms with E-state index in [4.69, 9.17) is 11.6 Å². The maximum atomic E-state index is 13.8. The summed E-state index contributed by atoms with van der Waals surface area (Å²) in [6.45, 7) is 2.75. The van der Waals surface area contributed by atoms with Crippen LogP contribution in [0.4, 0.5) is 14.5 Å². The molecule has 27 heavy (non-hydrogen) atoms. The molecule has 1 amide bonds. The van der Waals surface area contributed by atoms with Crippen molar-refractivity contribution in [3.8, 4) is 0 Å². The highest BCUT2D eigenvalue weighted by Gasteiger charge is 2.24. The van der Waals surface area contributed by atoms with E-state index < -0.39 is 5.82 Å². The van der Waals surface area contributed by atoms with E-state index in [1.54, 1.807) is 6.07 Å². The molecule has 1 aliphatic heterocycles. The molecule has 2 aromatic rings. The Labute approximate surface area is 168 Å². The first kappa shape index (κ1) is 21.6. The van der Waals surface area contributed by atoms with Gasteiger partial charge in [-0.1, -0.05) is 23.7 Å². The van der Waals surface area contributed by atoms with Crippen molar-refractivity contribution >= 4 is 35.6 Å². The maximum Gasteiger partial charge on any atom is 0.225 e. The lowest BCUT2D eigenvalue weighted by molar-refractivity contribution is -0.116. The molecule has 0 spiro atoms. The zero-order valence-corrected chi connectivity index (χ0v) is 16.1. The third-order valence-electron chi connectivity index (χ3n) is 4.42. The van der Waals surface area contributed by atoms with Crippen LogP contribution in [-0.2, 0) is 4.79 Å². The van der Waals surface area contributed by atoms with E-state index in [0.717, 1.165) is 24.7 Å². The highest BCUT2D eigenvalue weighted by atomic mass is 35.5. The lowest BCUT2D eigenvalue weighted by Gasteiger charge is -2.36. The predicted molar refractivity (Wildman–Crippen MR) is 105 cm³/mol. The summed E-state index contributed by atoms with van der Waals surface area (Å²) in [5.41, 5.74) is 0.989. The maximum absolute atomic E-state index is 13.8. The summed E-state index contributed by atoms with van der Waals surface area (Å²) in [5.74, 6) is -1.11. The molecule has 1 saturated heterocycles. The molecule has 3 rings (SSSR count). The molecule has 8 heteroatoms. The minimum absolute atomic E-state index is 0. The average Bonchev–Trinajstić information content (AvgIpc) is 2.62. The van der Waals surface area contributed by atoms with E-state index in [0.29, 0.717) is 13.1 Å².